The van der Waals surface area contributed by atoms with Crippen LogP contribution in [0.1, 0.15) is 5.69 Å². The molecule has 0 spiro atoms. The van der Waals surface area contributed by atoms with Crippen LogP contribution in [0, 0.1) is 6.92 Å². The van der Waals surface area contributed by atoms with Gasteiger partial charge in [0.05, 0.1) is 40.5 Å². The largest absolute Gasteiger partial charge is 0.353 e. The van der Waals surface area contributed by atoms with E-state index in [-0.39, 0.29) is 6.04 Å². The van der Waals surface area contributed by atoms with E-state index < -0.39 is 0 Å². The maximum atomic E-state index is 5.93. The summed E-state index contributed by atoms with van der Waals surface area (Å²) in [5, 5.41) is 8.62. The highest BCUT2D eigenvalue weighted by Gasteiger charge is 2.25. The molecule has 0 unspecified atom stereocenters. The molecule has 0 bridgehead atoms. The number of pyridine rings is 2. The minimum Gasteiger partial charge on any atom is -0.353 e. The van der Waals surface area contributed by atoms with Crippen molar-refractivity contribution in [3.05, 3.63) is 61.1 Å². The number of nitrogens with two attached hydrogens (primary N) is 1. The van der Waals surface area contributed by atoms with Gasteiger partial charge in [0.1, 0.15) is 34.9 Å². The molecule has 6 aromatic rings. The van der Waals surface area contributed by atoms with Crippen LogP contribution in [-0.4, -0.2) is 63.8 Å². The number of anilines is 1. The zero-order valence-electron chi connectivity index (χ0n) is 18.8. The van der Waals surface area contributed by atoms with E-state index in [1.807, 2.05) is 42.0 Å². The number of nitrogens with one attached hydrogen (secondary N) is 2. The monoisotopic (exact) mass is 463 g/mol. The molecule has 172 valence electrons. The quantitative estimate of drug-likeness (QED) is 0.362. The normalized spacial score (nSPS) is 14.2. The Morgan fingerprint density at radius 3 is 2.77 bits per heavy atom. The first kappa shape index (κ1) is 19.8. The molecule has 0 saturated carbocycles. The van der Waals surface area contributed by atoms with Gasteiger partial charge in [-0.15, -0.1) is 0 Å². The van der Waals surface area contributed by atoms with Gasteiger partial charge >= 0.3 is 0 Å². The van der Waals surface area contributed by atoms with Gasteiger partial charge in [0.15, 0.2) is 0 Å². The van der Waals surface area contributed by atoms with Gasteiger partial charge in [-0.25, -0.2) is 19.9 Å². The minimum atomic E-state index is 0.188. The first-order valence-corrected chi connectivity index (χ1v) is 11.3. The Balaban J connectivity index is 1.31. The summed E-state index contributed by atoms with van der Waals surface area (Å²) in [4.78, 5) is 28.5. The fraction of sp³-hybridized carbons (Fsp3) is 0.167. The van der Waals surface area contributed by atoms with Crippen molar-refractivity contribution in [2.24, 2.45) is 5.73 Å². The standard InChI is InChI=1S/C24H21N11/c1-13-9-35(12-28-13)24-15-6-19(29-16(15)4-5-27-24)23-22-18(32-33-23)3-2-17(31-22)20-7-26-8-21(30-20)34-10-14(25)11-34/h2-9,12,14,29H,10-11,25H2,1H3,(H,32,33). The molecular formula is C24H21N11. The molecule has 7 heterocycles. The van der Waals surface area contributed by atoms with Gasteiger partial charge in [0.2, 0.25) is 0 Å². The molecular weight excluding hydrogens is 442 g/mol. The lowest BCUT2D eigenvalue weighted by Gasteiger charge is -2.37. The lowest BCUT2D eigenvalue weighted by molar-refractivity contribution is 0.514. The summed E-state index contributed by atoms with van der Waals surface area (Å²) in [5.74, 6) is 1.61. The second kappa shape index (κ2) is 7.43. The SMILES string of the molecule is Cc1cn(-c2nccc3[nH]c(-c4n[nH]c5ccc(-c6cncc(N7CC(N)C7)n6)nc45)cc23)cn1. The van der Waals surface area contributed by atoms with E-state index in [4.69, 9.17) is 15.7 Å². The van der Waals surface area contributed by atoms with Gasteiger partial charge in [-0.2, -0.15) is 5.10 Å². The van der Waals surface area contributed by atoms with E-state index in [1.54, 1.807) is 24.9 Å². The Labute approximate surface area is 199 Å². The molecule has 0 aliphatic carbocycles. The van der Waals surface area contributed by atoms with E-state index in [1.165, 1.54) is 0 Å². The van der Waals surface area contributed by atoms with Crippen molar-refractivity contribution in [1.29, 1.82) is 0 Å². The Morgan fingerprint density at radius 1 is 1.03 bits per heavy atom. The third kappa shape index (κ3) is 3.24. The lowest BCUT2D eigenvalue weighted by atomic mass is 10.1. The molecule has 1 saturated heterocycles. The molecule has 1 aliphatic heterocycles. The molecule has 11 heteroatoms. The van der Waals surface area contributed by atoms with Crippen LogP contribution in [-0.2, 0) is 0 Å². The van der Waals surface area contributed by atoms with Gasteiger partial charge in [-0.05, 0) is 31.2 Å². The van der Waals surface area contributed by atoms with E-state index in [2.05, 4.69) is 35.0 Å². The van der Waals surface area contributed by atoms with Gasteiger partial charge < -0.3 is 15.6 Å². The van der Waals surface area contributed by atoms with E-state index in [0.717, 1.165) is 69.4 Å². The maximum absolute atomic E-state index is 5.93. The number of rotatable bonds is 4. The first-order valence-electron chi connectivity index (χ1n) is 11.3. The fourth-order valence-electron chi connectivity index (χ4n) is 4.47. The van der Waals surface area contributed by atoms with Crippen LogP contribution in [0.2, 0.25) is 0 Å². The molecule has 6 aromatic heterocycles. The summed E-state index contributed by atoms with van der Waals surface area (Å²) >= 11 is 0. The van der Waals surface area contributed by atoms with Crippen LogP contribution in [0.25, 0.3) is 50.5 Å². The lowest BCUT2D eigenvalue weighted by Crippen LogP contribution is -2.56. The molecule has 4 N–H and O–H groups in total. The smallest absolute Gasteiger partial charge is 0.147 e. The number of hydrogen-bond acceptors (Lipinski definition) is 8. The average molecular weight is 464 g/mol. The molecule has 1 aliphatic rings. The Hall–Kier alpha value is -4.64. The molecule has 1 fully saturated rings. The van der Waals surface area contributed by atoms with E-state index in [9.17, 15) is 0 Å². The van der Waals surface area contributed by atoms with Crippen molar-refractivity contribution >= 4 is 27.8 Å². The number of H-pyrrole nitrogens is 2. The second-order valence-electron chi connectivity index (χ2n) is 8.79. The van der Waals surface area contributed by atoms with Crippen molar-refractivity contribution < 1.29 is 0 Å². The predicted octanol–water partition coefficient (Wildman–Crippen LogP) is 2.60. The molecule has 0 aromatic carbocycles. The van der Waals surface area contributed by atoms with Crippen molar-refractivity contribution in [3.63, 3.8) is 0 Å². The number of hydrogen-bond donors (Lipinski definition) is 3. The van der Waals surface area contributed by atoms with Crippen LogP contribution in [0.4, 0.5) is 5.82 Å². The summed E-state index contributed by atoms with van der Waals surface area (Å²) in [7, 11) is 0. The number of imidazole rings is 1. The topological polar surface area (TPSA) is 143 Å². The third-order valence-electron chi connectivity index (χ3n) is 6.26. The third-order valence-corrected chi connectivity index (χ3v) is 6.26. The average Bonchev–Trinajstić information content (AvgIpc) is 3.59. The molecule has 7 rings (SSSR count). The first-order chi connectivity index (χ1) is 17.1. The summed E-state index contributed by atoms with van der Waals surface area (Å²) in [6.45, 7) is 3.52. The zero-order valence-corrected chi connectivity index (χ0v) is 18.8. The van der Waals surface area contributed by atoms with Gasteiger partial charge in [0, 0.05) is 36.9 Å². The zero-order chi connectivity index (χ0) is 23.5. The number of aromatic nitrogens is 9. The molecule has 0 radical (unpaired) electrons. The Bertz CT molecular complexity index is 1700. The second-order valence-corrected chi connectivity index (χ2v) is 8.79. The predicted molar refractivity (Wildman–Crippen MR) is 132 cm³/mol. The van der Waals surface area contributed by atoms with Crippen molar-refractivity contribution in [2.75, 3.05) is 18.0 Å². The molecule has 35 heavy (non-hydrogen) atoms. The Kier molecular flexibility index (Phi) is 4.20. The summed E-state index contributed by atoms with van der Waals surface area (Å²) in [6.07, 6.45) is 8.99. The van der Waals surface area contributed by atoms with Crippen LogP contribution in [0.5, 0.6) is 0 Å². The maximum Gasteiger partial charge on any atom is 0.147 e. The van der Waals surface area contributed by atoms with E-state index >= 15 is 0 Å². The van der Waals surface area contributed by atoms with Crippen molar-refractivity contribution in [1.82, 2.24) is 44.7 Å². The van der Waals surface area contributed by atoms with Crippen molar-refractivity contribution in [2.45, 2.75) is 13.0 Å². The molecule has 11 nitrogen and oxygen atoms in total. The number of fused-ring (bicyclic) bond motifs is 2. The fourth-order valence-corrected chi connectivity index (χ4v) is 4.47. The number of aromatic amines is 2. The Morgan fingerprint density at radius 2 is 1.94 bits per heavy atom. The van der Waals surface area contributed by atoms with Crippen LogP contribution >= 0.6 is 0 Å². The van der Waals surface area contributed by atoms with E-state index in [0.29, 0.717) is 5.69 Å². The van der Waals surface area contributed by atoms with Gasteiger partial charge in [0.25, 0.3) is 0 Å². The highest BCUT2D eigenvalue weighted by Crippen LogP contribution is 2.31. The highest BCUT2D eigenvalue weighted by atomic mass is 15.3. The summed E-state index contributed by atoms with van der Waals surface area (Å²) in [6, 6.07) is 8.07. The number of aryl methyl sites for hydroxylation is 1. The van der Waals surface area contributed by atoms with Crippen LogP contribution in [0.15, 0.2) is 55.4 Å². The minimum absolute atomic E-state index is 0.188. The summed E-state index contributed by atoms with van der Waals surface area (Å²) < 4.78 is 1.92. The number of nitrogens with zero attached hydrogens (tertiary/aromatic N) is 8. The van der Waals surface area contributed by atoms with Crippen LogP contribution in [0.3, 0.4) is 0 Å². The highest BCUT2D eigenvalue weighted by molar-refractivity contribution is 5.96. The van der Waals surface area contributed by atoms with Gasteiger partial charge in [-0.3, -0.25) is 14.6 Å². The summed E-state index contributed by atoms with van der Waals surface area (Å²) in [5.41, 5.74) is 12.4. The van der Waals surface area contributed by atoms with Gasteiger partial charge in [-0.1, -0.05) is 0 Å². The molecule has 0 amide bonds. The van der Waals surface area contributed by atoms with Crippen LogP contribution < -0.4 is 10.6 Å². The molecule has 0 atom stereocenters. The van der Waals surface area contributed by atoms with Crippen molar-refractivity contribution in [3.8, 4) is 28.6 Å².